The van der Waals surface area contributed by atoms with Gasteiger partial charge < -0.3 is 4.74 Å². The Balaban J connectivity index is 2.62. The highest BCUT2D eigenvalue weighted by atomic mass is 32.2. The minimum absolute atomic E-state index is 0.0994. The second kappa shape index (κ2) is 6.99. The number of non-ortho nitro benzene ring substituents is 1. The van der Waals surface area contributed by atoms with E-state index < -0.39 is 20.7 Å². The minimum atomic E-state index is -3.45. The van der Waals surface area contributed by atoms with Crippen LogP contribution in [0.2, 0.25) is 0 Å². The Bertz CT molecular complexity index is 578. The smallest absolute Gasteiger partial charge is 0.306 e. The van der Waals surface area contributed by atoms with Crippen LogP contribution in [-0.2, 0) is 25.1 Å². The number of nitro benzene ring substituents is 1. The van der Waals surface area contributed by atoms with Crippen molar-refractivity contribution in [2.45, 2.75) is 19.1 Å². The van der Waals surface area contributed by atoms with Gasteiger partial charge in [-0.2, -0.15) is 0 Å². The maximum Gasteiger partial charge on any atom is 0.306 e. The van der Waals surface area contributed by atoms with Crippen LogP contribution in [0.4, 0.5) is 5.69 Å². The summed E-state index contributed by atoms with van der Waals surface area (Å²) in [5.41, 5.74) is 0.345. The number of carbonyl (C=O) groups excluding carboxylic acids is 1. The lowest BCUT2D eigenvalue weighted by molar-refractivity contribution is -0.384. The molecule has 0 bridgehead atoms. The second-order valence-electron chi connectivity index (χ2n) is 4.07. The van der Waals surface area contributed by atoms with Gasteiger partial charge in [0.25, 0.3) is 5.69 Å². The first-order chi connectivity index (χ1) is 9.34. The van der Waals surface area contributed by atoms with E-state index in [1.807, 2.05) is 0 Å². The predicted octanol–water partition coefficient (Wildman–Crippen LogP) is 1.46. The molecule has 0 aliphatic rings. The number of nitro groups is 1. The van der Waals surface area contributed by atoms with Gasteiger partial charge in [-0.15, -0.1) is 0 Å². The molecule has 110 valence electrons. The van der Waals surface area contributed by atoms with E-state index in [4.69, 9.17) is 0 Å². The van der Waals surface area contributed by atoms with Crippen LogP contribution in [0, 0.1) is 10.1 Å². The molecule has 0 radical (unpaired) electrons. The van der Waals surface area contributed by atoms with Crippen molar-refractivity contribution < 1.29 is 22.9 Å². The van der Waals surface area contributed by atoms with Gasteiger partial charge in [0.05, 0.1) is 29.5 Å². The van der Waals surface area contributed by atoms with Crippen molar-refractivity contribution in [1.29, 1.82) is 0 Å². The molecule has 0 heterocycles. The highest BCUT2D eigenvalue weighted by Crippen LogP contribution is 2.14. The molecule has 0 fully saturated rings. The molecule has 0 amide bonds. The molecule has 20 heavy (non-hydrogen) atoms. The first-order valence-corrected chi connectivity index (χ1v) is 7.75. The van der Waals surface area contributed by atoms with Gasteiger partial charge in [-0.1, -0.05) is 12.1 Å². The van der Waals surface area contributed by atoms with Crippen LogP contribution >= 0.6 is 0 Å². The van der Waals surface area contributed by atoms with Gasteiger partial charge in [-0.05, 0) is 12.5 Å². The molecule has 0 aliphatic heterocycles. The molecule has 0 aliphatic carbocycles. The van der Waals surface area contributed by atoms with E-state index in [9.17, 15) is 23.3 Å². The summed E-state index contributed by atoms with van der Waals surface area (Å²) in [6.07, 6.45) is -0.191. The highest BCUT2D eigenvalue weighted by Gasteiger charge is 2.16. The summed E-state index contributed by atoms with van der Waals surface area (Å²) in [5, 5.41) is 10.5. The summed E-state index contributed by atoms with van der Waals surface area (Å²) in [7, 11) is -3.45. The maximum absolute atomic E-state index is 11.8. The Morgan fingerprint density at radius 1 is 1.30 bits per heavy atom. The van der Waals surface area contributed by atoms with Crippen molar-refractivity contribution in [3.05, 3.63) is 39.9 Å². The van der Waals surface area contributed by atoms with Crippen molar-refractivity contribution in [1.82, 2.24) is 0 Å². The third-order valence-corrected chi connectivity index (χ3v) is 4.06. The molecule has 0 saturated heterocycles. The number of hydrogen-bond donors (Lipinski definition) is 0. The first kappa shape index (κ1) is 16.1. The van der Waals surface area contributed by atoms with Crippen LogP contribution in [0.3, 0.4) is 0 Å². The van der Waals surface area contributed by atoms with Gasteiger partial charge in [-0.3, -0.25) is 14.9 Å². The SMILES string of the molecule is CCOC(=O)CCS(=O)(=O)Cc1ccc([N+](=O)[O-])cc1. The quantitative estimate of drug-likeness (QED) is 0.429. The lowest BCUT2D eigenvalue weighted by Gasteiger charge is -2.04. The Kier molecular flexibility index (Phi) is 5.63. The summed E-state index contributed by atoms with van der Waals surface area (Å²) >= 11 is 0. The number of carbonyl (C=O) groups is 1. The van der Waals surface area contributed by atoms with Gasteiger partial charge >= 0.3 is 5.97 Å². The molecule has 1 aromatic rings. The lowest BCUT2D eigenvalue weighted by atomic mass is 10.2. The molecular weight excluding hydrogens is 286 g/mol. The van der Waals surface area contributed by atoms with E-state index in [1.54, 1.807) is 6.92 Å². The van der Waals surface area contributed by atoms with Gasteiger partial charge in [0, 0.05) is 12.1 Å². The van der Waals surface area contributed by atoms with Crippen LogP contribution in [0.1, 0.15) is 18.9 Å². The fourth-order valence-corrected chi connectivity index (χ4v) is 2.83. The average molecular weight is 301 g/mol. The summed E-state index contributed by atoms with van der Waals surface area (Å²) in [6, 6.07) is 5.27. The number of hydrogen-bond acceptors (Lipinski definition) is 6. The van der Waals surface area contributed by atoms with Crippen molar-refractivity contribution in [3.63, 3.8) is 0 Å². The zero-order chi connectivity index (χ0) is 15.2. The van der Waals surface area contributed by atoms with Gasteiger partial charge in [0.1, 0.15) is 0 Å². The minimum Gasteiger partial charge on any atom is -0.466 e. The molecule has 0 saturated carbocycles. The first-order valence-electron chi connectivity index (χ1n) is 5.93. The Hall–Kier alpha value is -1.96. The zero-order valence-electron chi connectivity index (χ0n) is 10.9. The molecule has 0 unspecified atom stereocenters. The Morgan fingerprint density at radius 2 is 1.90 bits per heavy atom. The van der Waals surface area contributed by atoms with E-state index in [-0.39, 0.29) is 30.2 Å². The Labute approximate surface area is 116 Å². The number of nitrogens with zero attached hydrogens (tertiary/aromatic N) is 1. The fourth-order valence-electron chi connectivity index (χ4n) is 1.51. The summed E-state index contributed by atoms with van der Waals surface area (Å²) in [4.78, 5) is 21.0. The Morgan fingerprint density at radius 3 is 2.40 bits per heavy atom. The molecular formula is C12H15NO6S. The topological polar surface area (TPSA) is 104 Å². The van der Waals surface area contributed by atoms with Crippen molar-refractivity contribution in [3.8, 4) is 0 Å². The average Bonchev–Trinajstić information content (AvgIpc) is 2.37. The number of benzene rings is 1. The van der Waals surface area contributed by atoms with Crippen LogP contribution in [-0.4, -0.2) is 31.7 Å². The third kappa shape index (κ3) is 5.35. The lowest BCUT2D eigenvalue weighted by Crippen LogP contribution is -2.15. The number of ether oxygens (including phenoxy) is 1. The standard InChI is InChI=1S/C12H15NO6S/c1-2-19-12(14)7-8-20(17,18)9-10-3-5-11(6-4-10)13(15)16/h3-6H,2,7-9H2,1H3. The largest absolute Gasteiger partial charge is 0.466 e. The van der Waals surface area contributed by atoms with Crippen molar-refractivity contribution in [2.24, 2.45) is 0 Å². The molecule has 0 spiro atoms. The monoisotopic (exact) mass is 301 g/mol. The van der Waals surface area contributed by atoms with Crippen LogP contribution in [0.15, 0.2) is 24.3 Å². The van der Waals surface area contributed by atoms with Crippen LogP contribution in [0.25, 0.3) is 0 Å². The molecule has 7 nitrogen and oxygen atoms in total. The number of esters is 1. The van der Waals surface area contributed by atoms with E-state index in [0.717, 1.165) is 0 Å². The van der Waals surface area contributed by atoms with Gasteiger partial charge in [0.15, 0.2) is 9.84 Å². The normalized spacial score (nSPS) is 11.1. The number of rotatable bonds is 7. The molecule has 0 atom stereocenters. The molecule has 0 aromatic heterocycles. The van der Waals surface area contributed by atoms with Crippen LogP contribution < -0.4 is 0 Å². The van der Waals surface area contributed by atoms with Gasteiger partial charge in [-0.25, -0.2) is 8.42 Å². The van der Waals surface area contributed by atoms with Crippen LogP contribution in [0.5, 0.6) is 0 Å². The van der Waals surface area contributed by atoms with E-state index in [1.165, 1.54) is 24.3 Å². The second-order valence-corrected chi connectivity index (χ2v) is 6.25. The molecule has 0 N–H and O–H groups in total. The van der Waals surface area contributed by atoms with E-state index >= 15 is 0 Å². The summed E-state index contributed by atoms with van der Waals surface area (Å²) < 4.78 is 28.2. The number of sulfone groups is 1. The third-order valence-electron chi connectivity index (χ3n) is 2.46. The van der Waals surface area contributed by atoms with E-state index in [0.29, 0.717) is 5.56 Å². The highest BCUT2D eigenvalue weighted by molar-refractivity contribution is 7.90. The summed E-state index contributed by atoms with van der Waals surface area (Å²) in [5.74, 6) is -1.12. The van der Waals surface area contributed by atoms with E-state index in [2.05, 4.69) is 4.74 Å². The predicted molar refractivity (Wildman–Crippen MR) is 71.8 cm³/mol. The molecule has 1 rings (SSSR count). The van der Waals surface area contributed by atoms with Crippen molar-refractivity contribution >= 4 is 21.5 Å². The molecule has 1 aromatic carbocycles. The van der Waals surface area contributed by atoms with Crippen molar-refractivity contribution in [2.75, 3.05) is 12.4 Å². The fraction of sp³-hybridized carbons (Fsp3) is 0.417. The maximum atomic E-state index is 11.8. The van der Waals surface area contributed by atoms with Gasteiger partial charge in [0.2, 0.25) is 0 Å². The zero-order valence-corrected chi connectivity index (χ0v) is 11.8. The molecule has 8 heteroatoms. The summed E-state index contributed by atoms with van der Waals surface area (Å²) in [6.45, 7) is 1.85.